The third-order valence-corrected chi connectivity index (χ3v) is 6.18. The standard InChI is InChI=1S/C17H19BrN2O4/c1-23-11-4-6-16(7-5-11)17(14(21)19-15(22)20-17)12-8-10(9-18)2-3-13(12)24-16/h2-3,8,11H,4-7,9H2,1H3,(H2,19,20,21,22). The van der Waals surface area contributed by atoms with Gasteiger partial charge in [0.05, 0.1) is 6.10 Å². The number of rotatable bonds is 2. The van der Waals surface area contributed by atoms with E-state index in [-0.39, 0.29) is 12.0 Å². The van der Waals surface area contributed by atoms with Gasteiger partial charge >= 0.3 is 6.03 Å². The Morgan fingerprint density at radius 1 is 1.33 bits per heavy atom. The number of benzene rings is 1. The normalized spacial score (nSPS) is 34.2. The van der Waals surface area contributed by atoms with Gasteiger partial charge < -0.3 is 14.8 Å². The smallest absolute Gasteiger partial charge is 0.322 e. The summed E-state index contributed by atoms with van der Waals surface area (Å²) in [4.78, 5) is 24.9. The third kappa shape index (κ3) is 1.97. The molecule has 2 fully saturated rings. The molecule has 1 aliphatic carbocycles. The fourth-order valence-electron chi connectivity index (χ4n) is 4.31. The first-order valence-electron chi connectivity index (χ1n) is 8.09. The van der Waals surface area contributed by atoms with Crippen LogP contribution in [-0.4, -0.2) is 30.8 Å². The van der Waals surface area contributed by atoms with Crippen LogP contribution in [0, 0.1) is 0 Å². The van der Waals surface area contributed by atoms with Crippen molar-refractivity contribution in [1.29, 1.82) is 0 Å². The minimum Gasteiger partial charge on any atom is -0.483 e. The molecule has 2 spiro atoms. The molecule has 1 aromatic rings. The summed E-state index contributed by atoms with van der Waals surface area (Å²) in [5, 5.41) is 5.98. The van der Waals surface area contributed by atoms with E-state index in [1.807, 2.05) is 18.2 Å². The van der Waals surface area contributed by atoms with Crippen LogP contribution >= 0.6 is 15.9 Å². The monoisotopic (exact) mass is 394 g/mol. The van der Waals surface area contributed by atoms with Crippen LogP contribution in [0.2, 0.25) is 0 Å². The highest BCUT2D eigenvalue weighted by Crippen LogP contribution is 2.55. The van der Waals surface area contributed by atoms with E-state index >= 15 is 0 Å². The van der Waals surface area contributed by atoms with Crippen molar-refractivity contribution in [3.63, 3.8) is 0 Å². The number of hydrogen-bond acceptors (Lipinski definition) is 4. The number of imide groups is 1. The van der Waals surface area contributed by atoms with Crippen molar-refractivity contribution in [3.05, 3.63) is 29.3 Å². The molecule has 0 radical (unpaired) electrons. The highest BCUT2D eigenvalue weighted by molar-refractivity contribution is 9.08. The van der Waals surface area contributed by atoms with Crippen LogP contribution in [0.25, 0.3) is 0 Å². The summed E-state index contributed by atoms with van der Waals surface area (Å²) in [5.41, 5.74) is -0.131. The lowest BCUT2D eigenvalue weighted by Crippen LogP contribution is -2.62. The van der Waals surface area contributed by atoms with Crippen molar-refractivity contribution in [2.45, 2.75) is 48.3 Å². The van der Waals surface area contributed by atoms with Crippen LogP contribution in [0.3, 0.4) is 0 Å². The number of urea groups is 1. The van der Waals surface area contributed by atoms with E-state index in [1.165, 1.54) is 0 Å². The Kier molecular flexibility index (Phi) is 3.61. The van der Waals surface area contributed by atoms with E-state index in [0.717, 1.165) is 24.0 Å². The van der Waals surface area contributed by atoms with Crippen molar-refractivity contribution in [3.8, 4) is 5.75 Å². The van der Waals surface area contributed by atoms with Crippen molar-refractivity contribution in [2.75, 3.05) is 7.11 Å². The fourth-order valence-corrected chi connectivity index (χ4v) is 4.66. The largest absolute Gasteiger partial charge is 0.483 e. The Labute approximate surface area is 148 Å². The van der Waals surface area contributed by atoms with Gasteiger partial charge in [0, 0.05) is 18.0 Å². The first kappa shape index (κ1) is 15.9. The summed E-state index contributed by atoms with van der Waals surface area (Å²) in [7, 11) is 1.70. The fraction of sp³-hybridized carbons (Fsp3) is 0.529. The Hall–Kier alpha value is -1.60. The first-order valence-corrected chi connectivity index (χ1v) is 9.21. The highest BCUT2D eigenvalue weighted by Gasteiger charge is 2.68. The molecule has 2 aliphatic heterocycles. The molecule has 128 valence electrons. The first-order chi connectivity index (χ1) is 11.5. The van der Waals surface area contributed by atoms with Gasteiger partial charge in [-0.05, 0) is 43.4 Å². The summed E-state index contributed by atoms with van der Waals surface area (Å²) < 4.78 is 11.8. The molecule has 1 atom stereocenters. The Balaban J connectivity index is 1.84. The van der Waals surface area contributed by atoms with Gasteiger partial charge in [0.2, 0.25) is 0 Å². The molecule has 6 nitrogen and oxygen atoms in total. The number of carbonyl (C=O) groups is 2. The van der Waals surface area contributed by atoms with Gasteiger partial charge in [0.15, 0.2) is 5.54 Å². The number of carbonyl (C=O) groups excluding carboxylic acids is 2. The molecule has 7 heteroatoms. The second-order valence-electron chi connectivity index (χ2n) is 6.65. The summed E-state index contributed by atoms with van der Waals surface area (Å²) in [6.45, 7) is 0. The molecule has 1 saturated heterocycles. The maximum absolute atomic E-state index is 12.9. The second-order valence-corrected chi connectivity index (χ2v) is 7.21. The van der Waals surface area contributed by atoms with Crippen molar-refractivity contribution >= 4 is 27.9 Å². The average molecular weight is 395 g/mol. The van der Waals surface area contributed by atoms with Crippen molar-refractivity contribution < 1.29 is 19.1 Å². The quantitative estimate of drug-likeness (QED) is 0.596. The van der Waals surface area contributed by atoms with Gasteiger partial charge in [-0.3, -0.25) is 10.1 Å². The van der Waals surface area contributed by atoms with Crippen LogP contribution < -0.4 is 15.4 Å². The SMILES string of the molecule is COC1CCC2(CC1)Oc1ccc(CBr)cc1C21NC(=O)NC1=O. The predicted molar refractivity (Wildman–Crippen MR) is 90.0 cm³/mol. The number of amides is 3. The molecule has 4 rings (SSSR count). The summed E-state index contributed by atoms with van der Waals surface area (Å²) >= 11 is 3.45. The number of methoxy groups -OCH3 is 1. The van der Waals surface area contributed by atoms with Crippen molar-refractivity contribution in [2.24, 2.45) is 0 Å². The van der Waals surface area contributed by atoms with Crippen LogP contribution in [0.5, 0.6) is 5.75 Å². The van der Waals surface area contributed by atoms with E-state index in [2.05, 4.69) is 26.6 Å². The van der Waals surface area contributed by atoms with Crippen LogP contribution in [-0.2, 0) is 20.4 Å². The summed E-state index contributed by atoms with van der Waals surface area (Å²) in [6, 6.07) is 5.35. The van der Waals surface area contributed by atoms with E-state index in [9.17, 15) is 9.59 Å². The number of halogens is 1. The maximum Gasteiger partial charge on any atom is 0.322 e. The van der Waals surface area contributed by atoms with Gasteiger partial charge in [0.1, 0.15) is 11.4 Å². The van der Waals surface area contributed by atoms with E-state index in [0.29, 0.717) is 23.9 Å². The zero-order valence-electron chi connectivity index (χ0n) is 13.4. The lowest BCUT2D eigenvalue weighted by atomic mass is 9.68. The topological polar surface area (TPSA) is 76.7 Å². The molecule has 1 unspecified atom stereocenters. The number of hydrogen-bond donors (Lipinski definition) is 2. The Morgan fingerprint density at radius 3 is 2.67 bits per heavy atom. The zero-order chi connectivity index (χ0) is 16.9. The van der Waals surface area contributed by atoms with Crippen molar-refractivity contribution in [1.82, 2.24) is 10.6 Å². The molecule has 2 heterocycles. The number of ether oxygens (including phenoxy) is 2. The molecule has 3 aliphatic rings. The molecule has 0 aromatic heterocycles. The lowest BCUT2D eigenvalue weighted by Gasteiger charge is -2.44. The Morgan fingerprint density at radius 2 is 2.08 bits per heavy atom. The molecule has 1 aromatic carbocycles. The van der Waals surface area contributed by atoms with Crippen LogP contribution in [0.1, 0.15) is 36.8 Å². The number of alkyl halides is 1. The number of nitrogens with one attached hydrogen (secondary N) is 2. The molecule has 0 bridgehead atoms. The molecular weight excluding hydrogens is 376 g/mol. The average Bonchev–Trinajstić information content (AvgIpc) is 3.04. The lowest BCUT2D eigenvalue weighted by molar-refractivity contribution is -0.135. The Bertz CT molecular complexity index is 715. The van der Waals surface area contributed by atoms with Crippen LogP contribution in [0.4, 0.5) is 4.79 Å². The van der Waals surface area contributed by atoms with Gasteiger partial charge in [-0.1, -0.05) is 22.0 Å². The molecule has 1 saturated carbocycles. The maximum atomic E-state index is 12.9. The van der Waals surface area contributed by atoms with Crippen LogP contribution in [0.15, 0.2) is 18.2 Å². The summed E-state index contributed by atoms with van der Waals surface area (Å²) in [6.07, 6.45) is 3.05. The van der Waals surface area contributed by atoms with E-state index in [4.69, 9.17) is 9.47 Å². The van der Waals surface area contributed by atoms with Gasteiger partial charge in [0.25, 0.3) is 5.91 Å². The highest BCUT2D eigenvalue weighted by atomic mass is 79.9. The number of fused-ring (bicyclic) bond motifs is 3. The zero-order valence-corrected chi connectivity index (χ0v) is 14.9. The van der Waals surface area contributed by atoms with Gasteiger partial charge in [-0.15, -0.1) is 0 Å². The third-order valence-electron chi connectivity index (χ3n) is 5.53. The summed E-state index contributed by atoms with van der Waals surface area (Å²) in [5.74, 6) is 0.349. The predicted octanol–water partition coefficient (Wildman–Crippen LogP) is 2.34. The van der Waals surface area contributed by atoms with Gasteiger partial charge in [-0.25, -0.2) is 4.79 Å². The molecule has 2 N–H and O–H groups in total. The molecule has 3 amide bonds. The second kappa shape index (κ2) is 5.46. The van der Waals surface area contributed by atoms with E-state index < -0.39 is 17.2 Å². The minimum atomic E-state index is -1.16. The van der Waals surface area contributed by atoms with E-state index in [1.54, 1.807) is 7.11 Å². The molecular formula is C17H19BrN2O4. The van der Waals surface area contributed by atoms with Gasteiger partial charge in [-0.2, -0.15) is 0 Å². The molecule has 24 heavy (non-hydrogen) atoms. The minimum absolute atomic E-state index is 0.165.